The molecule has 2 atom stereocenters. The van der Waals surface area contributed by atoms with Crippen LogP contribution in [0.4, 0.5) is 0 Å². The number of carbonyl (C=O) groups excluding carboxylic acids is 1. The average Bonchev–Trinajstić information content (AvgIpc) is 3.57. The molecular weight excluding hydrogens is 504 g/mol. The van der Waals surface area contributed by atoms with Crippen molar-refractivity contribution in [3.05, 3.63) is 82.0 Å². The molecule has 38 heavy (non-hydrogen) atoms. The number of rotatable bonds is 4. The van der Waals surface area contributed by atoms with Crippen LogP contribution in [-0.2, 0) is 13.0 Å². The second kappa shape index (κ2) is 8.96. The molecule has 4 heterocycles. The van der Waals surface area contributed by atoms with Crippen molar-refractivity contribution in [3.63, 3.8) is 0 Å². The number of halogens is 1. The minimum Gasteiger partial charge on any atom is -0.493 e. The number of fused-ring (bicyclic) bond motifs is 6. The summed E-state index contributed by atoms with van der Waals surface area (Å²) in [5.41, 5.74) is 5.49. The predicted molar refractivity (Wildman–Crippen MR) is 144 cm³/mol. The van der Waals surface area contributed by atoms with Gasteiger partial charge in [-0.2, -0.15) is 0 Å². The van der Waals surface area contributed by atoms with Gasteiger partial charge in [-0.3, -0.25) is 14.3 Å². The highest BCUT2D eigenvalue weighted by Gasteiger charge is 2.42. The van der Waals surface area contributed by atoms with E-state index < -0.39 is 0 Å². The molecule has 8 heteroatoms. The fraction of sp³-hybridized carbons (Fsp3) is 0.300. The topological polar surface area (TPSA) is 62.2 Å². The van der Waals surface area contributed by atoms with Crippen LogP contribution in [0.1, 0.15) is 45.4 Å². The highest BCUT2D eigenvalue weighted by Crippen LogP contribution is 2.53. The lowest BCUT2D eigenvalue weighted by atomic mass is 9.74. The summed E-state index contributed by atoms with van der Waals surface area (Å²) in [7, 11) is 3.33. The van der Waals surface area contributed by atoms with E-state index >= 15 is 0 Å². The molecule has 0 aliphatic carbocycles. The van der Waals surface area contributed by atoms with Gasteiger partial charge in [-0.15, -0.1) is 0 Å². The van der Waals surface area contributed by atoms with Gasteiger partial charge in [0.15, 0.2) is 23.0 Å². The Labute approximate surface area is 225 Å². The normalized spacial score (nSPS) is 19.6. The molecule has 0 spiro atoms. The first-order valence-corrected chi connectivity index (χ1v) is 13.1. The van der Waals surface area contributed by atoms with Crippen molar-refractivity contribution in [2.75, 3.05) is 27.6 Å². The van der Waals surface area contributed by atoms with Crippen LogP contribution >= 0.6 is 11.6 Å². The first-order chi connectivity index (χ1) is 18.6. The van der Waals surface area contributed by atoms with Crippen LogP contribution in [0.3, 0.4) is 0 Å². The highest BCUT2D eigenvalue weighted by atomic mass is 35.5. The molecule has 0 bridgehead atoms. The van der Waals surface area contributed by atoms with Gasteiger partial charge in [0.25, 0.3) is 0 Å². The van der Waals surface area contributed by atoms with Crippen LogP contribution in [0, 0.1) is 0 Å². The van der Waals surface area contributed by atoms with Crippen molar-refractivity contribution in [1.82, 2.24) is 9.47 Å². The summed E-state index contributed by atoms with van der Waals surface area (Å²) in [6, 6.07) is 15.8. The van der Waals surface area contributed by atoms with Crippen molar-refractivity contribution in [2.24, 2.45) is 0 Å². The molecule has 194 valence electrons. The fourth-order valence-electron chi connectivity index (χ4n) is 6.47. The van der Waals surface area contributed by atoms with Gasteiger partial charge in [0.2, 0.25) is 12.7 Å². The average molecular weight is 531 g/mol. The largest absolute Gasteiger partial charge is 0.493 e. The lowest BCUT2D eigenvalue weighted by Crippen LogP contribution is -2.42. The predicted octanol–water partition coefficient (Wildman–Crippen LogP) is 5.97. The molecular formula is C30H27ClN2O5. The van der Waals surface area contributed by atoms with Gasteiger partial charge in [0.05, 0.1) is 19.7 Å². The number of hydrogen-bond acceptors (Lipinski definition) is 6. The monoisotopic (exact) mass is 530 g/mol. The summed E-state index contributed by atoms with van der Waals surface area (Å²) < 4.78 is 24.6. The van der Waals surface area contributed by atoms with Gasteiger partial charge >= 0.3 is 0 Å². The lowest BCUT2D eigenvalue weighted by Gasteiger charge is -2.46. The Morgan fingerprint density at radius 2 is 1.87 bits per heavy atom. The number of hydrogen-bond donors (Lipinski definition) is 0. The second-order valence-electron chi connectivity index (χ2n) is 10.0. The minimum atomic E-state index is -0.102. The Morgan fingerprint density at radius 1 is 1.03 bits per heavy atom. The van der Waals surface area contributed by atoms with E-state index in [1.54, 1.807) is 18.8 Å². The van der Waals surface area contributed by atoms with E-state index in [-0.39, 0.29) is 24.7 Å². The van der Waals surface area contributed by atoms with Gasteiger partial charge < -0.3 is 18.9 Å². The molecule has 0 radical (unpaired) electrons. The number of carbonyl (C=O) groups is 1. The summed E-state index contributed by atoms with van der Waals surface area (Å²) in [6.07, 6.45) is 3.06. The molecule has 7 nitrogen and oxygen atoms in total. The number of ether oxygens (including phenoxy) is 4. The van der Waals surface area contributed by atoms with Crippen molar-refractivity contribution in [1.29, 1.82) is 0 Å². The zero-order chi connectivity index (χ0) is 26.0. The summed E-state index contributed by atoms with van der Waals surface area (Å²) in [4.78, 5) is 16.4. The summed E-state index contributed by atoms with van der Waals surface area (Å²) in [5.74, 6) is 2.92. The van der Waals surface area contributed by atoms with E-state index in [0.29, 0.717) is 23.7 Å². The van der Waals surface area contributed by atoms with E-state index in [0.717, 1.165) is 52.2 Å². The molecule has 0 fully saturated rings. The van der Waals surface area contributed by atoms with Gasteiger partial charge in [-0.1, -0.05) is 17.7 Å². The number of nitrogens with zero attached hydrogens (tertiary/aromatic N) is 2. The van der Waals surface area contributed by atoms with Crippen molar-refractivity contribution < 1.29 is 23.7 Å². The van der Waals surface area contributed by atoms with Crippen LogP contribution in [0.2, 0.25) is 5.02 Å². The van der Waals surface area contributed by atoms with Crippen LogP contribution in [0.5, 0.6) is 23.0 Å². The van der Waals surface area contributed by atoms with Gasteiger partial charge in [0.1, 0.15) is 0 Å². The first kappa shape index (κ1) is 23.4. The number of benzene rings is 3. The van der Waals surface area contributed by atoms with E-state index in [9.17, 15) is 4.79 Å². The maximum absolute atomic E-state index is 13.9. The Hall–Kier alpha value is -3.68. The van der Waals surface area contributed by atoms with Gasteiger partial charge in [-0.25, -0.2) is 0 Å². The molecule has 4 aromatic rings. The maximum atomic E-state index is 13.9. The molecule has 2 unspecified atom stereocenters. The Bertz CT molecular complexity index is 1600. The van der Waals surface area contributed by atoms with Crippen molar-refractivity contribution in [3.8, 4) is 23.0 Å². The Balaban J connectivity index is 1.36. The quantitative estimate of drug-likeness (QED) is 0.324. The standard InChI is InChI=1S/C30H27ClN2O5/c1-35-25-6-4-20-22(14-28(34)33-10-8-18-11-19(31)3-5-24(18)33)29-21-13-27-26(37-16-38-27)12-17(21)7-9-32(29)15-23(20)30(25)36-2/h3-6,8,10-13,22,29H,7,9,14-16H2,1-2H3. The van der Waals surface area contributed by atoms with Crippen molar-refractivity contribution in [2.45, 2.75) is 31.3 Å². The molecule has 0 amide bonds. The molecule has 7 rings (SSSR count). The Kier molecular flexibility index (Phi) is 5.53. The van der Waals surface area contributed by atoms with Gasteiger partial charge in [-0.05, 0) is 65.6 Å². The van der Waals surface area contributed by atoms with Crippen LogP contribution < -0.4 is 18.9 Å². The van der Waals surface area contributed by atoms with Crippen LogP contribution in [-0.4, -0.2) is 42.9 Å². The fourth-order valence-corrected chi connectivity index (χ4v) is 6.65. The zero-order valence-electron chi connectivity index (χ0n) is 21.2. The van der Waals surface area contributed by atoms with Gasteiger partial charge in [0, 0.05) is 53.6 Å². The third kappa shape index (κ3) is 3.56. The first-order valence-electron chi connectivity index (χ1n) is 12.8. The van der Waals surface area contributed by atoms with Crippen molar-refractivity contribution >= 4 is 28.4 Å². The SMILES string of the molecule is COc1ccc2c(c1OC)CN1CCc3cc4c(cc3C1C2CC(=O)n1ccc2cc(Cl)ccc21)OCO4. The molecule has 3 aliphatic rings. The second-order valence-corrected chi connectivity index (χ2v) is 10.5. The summed E-state index contributed by atoms with van der Waals surface area (Å²) in [5, 5.41) is 1.59. The molecule has 3 aromatic carbocycles. The smallest absolute Gasteiger partial charge is 0.231 e. The van der Waals surface area contributed by atoms with E-state index in [1.807, 2.05) is 36.5 Å². The molecule has 1 aromatic heterocycles. The molecule has 0 saturated heterocycles. The highest BCUT2D eigenvalue weighted by molar-refractivity contribution is 6.31. The Morgan fingerprint density at radius 3 is 2.68 bits per heavy atom. The third-order valence-corrected chi connectivity index (χ3v) is 8.39. The summed E-state index contributed by atoms with van der Waals surface area (Å²) >= 11 is 6.20. The van der Waals surface area contributed by atoms with E-state index in [2.05, 4.69) is 23.1 Å². The lowest BCUT2D eigenvalue weighted by molar-refractivity contribution is 0.0827. The minimum absolute atomic E-state index is 0.0130. The molecule has 0 saturated carbocycles. The number of aromatic nitrogens is 1. The van der Waals surface area contributed by atoms with E-state index in [1.165, 1.54) is 11.1 Å². The van der Waals surface area contributed by atoms with E-state index in [4.69, 9.17) is 30.5 Å². The van der Waals surface area contributed by atoms with Crippen LogP contribution in [0.25, 0.3) is 10.9 Å². The van der Waals surface area contributed by atoms with Crippen LogP contribution in [0.15, 0.2) is 54.7 Å². The molecule has 0 N–H and O–H groups in total. The summed E-state index contributed by atoms with van der Waals surface area (Å²) in [6.45, 7) is 1.82. The zero-order valence-corrected chi connectivity index (χ0v) is 22.0. The number of methoxy groups -OCH3 is 2. The molecule has 3 aliphatic heterocycles. The maximum Gasteiger partial charge on any atom is 0.231 e. The third-order valence-electron chi connectivity index (χ3n) is 8.16.